The number of hydrogen-bond acceptors (Lipinski definition) is 4. The summed E-state index contributed by atoms with van der Waals surface area (Å²) < 4.78 is 5.11. The molecule has 0 radical (unpaired) electrons. The van der Waals surface area contributed by atoms with Gasteiger partial charge in [-0.05, 0) is 31.0 Å². The maximum absolute atomic E-state index is 12.1. The van der Waals surface area contributed by atoms with Gasteiger partial charge in [-0.1, -0.05) is 24.2 Å². The standard InChI is InChI=1S/C14H21N3O3/c1-4-14(2,13(15)17-19)16-12(18)9-10-6-5-7-11(8-10)20-3/h5-8,19H,4,9H2,1-3H3,(H2,15,17)(H,16,18). The van der Waals surface area contributed by atoms with E-state index in [9.17, 15) is 4.79 Å². The Hall–Kier alpha value is -2.24. The van der Waals surface area contributed by atoms with Gasteiger partial charge < -0.3 is 21.0 Å². The van der Waals surface area contributed by atoms with Crippen molar-refractivity contribution in [3.05, 3.63) is 29.8 Å². The summed E-state index contributed by atoms with van der Waals surface area (Å²) in [5.41, 5.74) is 5.59. The van der Waals surface area contributed by atoms with Crippen LogP contribution in [0.1, 0.15) is 25.8 Å². The highest BCUT2D eigenvalue weighted by Gasteiger charge is 2.29. The number of hydrogen-bond donors (Lipinski definition) is 3. The molecule has 0 aliphatic carbocycles. The molecule has 0 fully saturated rings. The lowest BCUT2D eigenvalue weighted by atomic mass is 9.97. The molecule has 0 saturated carbocycles. The van der Waals surface area contributed by atoms with E-state index in [4.69, 9.17) is 15.7 Å². The molecule has 0 heterocycles. The van der Waals surface area contributed by atoms with Crippen LogP contribution in [0.2, 0.25) is 0 Å². The molecule has 1 unspecified atom stereocenters. The lowest BCUT2D eigenvalue weighted by Crippen LogP contribution is -2.55. The first kappa shape index (κ1) is 15.8. The minimum Gasteiger partial charge on any atom is -0.497 e. The van der Waals surface area contributed by atoms with E-state index in [-0.39, 0.29) is 18.2 Å². The van der Waals surface area contributed by atoms with Crippen LogP contribution in [0.3, 0.4) is 0 Å². The number of benzene rings is 1. The highest BCUT2D eigenvalue weighted by Crippen LogP contribution is 2.14. The van der Waals surface area contributed by atoms with E-state index in [1.807, 2.05) is 25.1 Å². The second kappa shape index (κ2) is 6.79. The molecular weight excluding hydrogens is 258 g/mol. The largest absolute Gasteiger partial charge is 0.497 e. The summed E-state index contributed by atoms with van der Waals surface area (Å²) in [4.78, 5) is 12.1. The Kier molecular flexibility index (Phi) is 5.37. The van der Waals surface area contributed by atoms with Gasteiger partial charge in [-0.25, -0.2) is 0 Å². The molecule has 20 heavy (non-hydrogen) atoms. The number of ether oxygens (including phenoxy) is 1. The number of oxime groups is 1. The maximum Gasteiger partial charge on any atom is 0.225 e. The molecule has 1 rings (SSSR count). The second-order valence-corrected chi connectivity index (χ2v) is 4.75. The van der Waals surface area contributed by atoms with Crippen LogP contribution in [0.4, 0.5) is 0 Å². The molecule has 4 N–H and O–H groups in total. The molecule has 6 nitrogen and oxygen atoms in total. The van der Waals surface area contributed by atoms with Gasteiger partial charge in [0.2, 0.25) is 5.91 Å². The molecule has 0 bridgehead atoms. The van der Waals surface area contributed by atoms with Crippen LogP contribution < -0.4 is 15.8 Å². The topological polar surface area (TPSA) is 96.9 Å². The average Bonchev–Trinajstić information content (AvgIpc) is 2.46. The van der Waals surface area contributed by atoms with Gasteiger partial charge in [0.1, 0.15) is 5.75 Å². The zero-order chi connectivity index (χ0) is 15.2. The fourth-order valence-corrected chi connectivity index (χ4v) is 1.76. The van der Waals surface area contributed by atoms with Crippen LogP contribution in [-0.2, 0) is 11.2 Å². The molecule has 1 aromatic rings. The molecule has 1 aromatic carbocycles. The van der Waals surface area contributed by atoms with Gasteiger partial charge in [-0.15, -0.1) is 0 Å². The Bertz CT molecular complexity index is 502. The third-order valence-electron chi connectivity index (χ3n) is 3.29. The summed E-state index contributed by atoms with van der Waals surface area (Å²) in [5, 5.41) is 14.5. The van der Waals surface area contributed by atoms with Crippen molar-refractivity contribution in [2.45, 2.75) is 32.2 Å². The molecule has 110 valence electrons. The Morgan fingerprint density at radius 3 is 2.80 bits per heavy atom. The smallest absolute Gasteiger partial charge is 0.225 e. The van der Waals surface area contributed by atoms with Crippen LogP contribution in [0, 0.1) is 0 Å². The maximum atomic E-state index is 12.1. The number of amides is 1. The monoisotopic (exact) mass is 279 g/mol. The summed E-state index contributed by atoms with van der Waals surface area (Å²) >= 11 is 0. The van der Waals surface area contributed by atoms with E-state index in [1.54, 1.807) is 20.1 Å². The Labute approximate surface area is 118 Å². The van der Waals surface area contributed by atoms with Crippen LogP contribution in [0.15, 0.2) is 29.4 Å². The van der Waals surface area contributed by atoms with Gasteiger partial charge in [-0.3, -0.25) is 4.79 Å². The highest BCUT2D eigenvalue weighted by molar-refractivity contribution is 5.93. The fraction of sp³-hybridized carbons (Fsp3) is 0.429. The van der Waals surface area contributed by atoms with Gasteiger partial charge >= 0.3 is 0 Å². The number of nitrogens with one attached hydrogen (secondary N) is 1. The lowest BCUT2D eigenvalue weighted by Gasteiger charge is -2.28. The van der Waals surface area contributed by atoms with Crippen molar-refractivity contribution in [1.29, 1.82) is 0 Å². The van der Waals surface area contributed by atoms with Crippen LogP contribution >= 0.6 is 0 Å². The van der Waals surface area contributed by atoms with Crippen molar-refractivity contribution < 1.29 is 14.7 Å². The fourth-order valence-electron chi connectivity index (χ4n) is 1.76. The van der Waals surface area contributed by atoms with Crippen LogP contribution in [0.5, 0.6) is 5.75 Å². The van der Waals surface area contributed by atoms with Crippen molar-refractivity contribution in [3.8, 4) is 5.75 Å². The minimum atomic E-state index is -0.856. The first-order valence-electron chi connectivity index (χ1n) is 6.37. The van der Waals surface area contributed by atoms with Gasteiger partial charge in [0.15, 0.2) is 5.84 Å². The number of amidine groups is 1. The van der Waals surface area contributed by atoms with Crippen molar-refractivity contribution in [2.24, 2.45) is 10.9 Å². The number of carbonyl (C=O) groups is 1. The lowest BCUT2D eigenvalue weighted by molar-refractivity contribution is -0.121. The summed E-state index contributed by atoms with van der Waals surface area (Å²) in [6.07, 6.45) is 0.720. The quantitative estimate of drug-likeness (QED) is 0.316. The molecule has 0 aliphatic heterocycles. The van der Waals surface area contributed by atoms with Gasteiger partial charge in [0, 0.05) is 0 Å². The predicted octanol–water partition coefficient (Wildman–Crippen LogP) is 1.27. The third kappa shape index (κ3) is 3.88. The van der Waals surface area contributed by atoms with E-state index in [0.717, 1.165) is 5.56 Å². The molecule has 0 aliphatic rings. The zero-order valence-electron chi connectivity index (χ0n) is 12.0. The molecular formula is C14H21N3O3. The highest BCUT2D eigenvalue weighted by atomic mass is 16.5. The van der Waals surface area contributed by atoms with Crippen molar-refractivity contribution in [1.82, 2.24) is 5.32 Å². The van der Waals surface area contributed by atoms with Gasteiger partial charge in [0.25, 0.3) is 0 Å². The van der Waals surface area contributed by atoms with Gasteiger partial charge in [0.05, 0.1) is 19.1 Å². The van der Waals surface area contributed by atoms with E-state index < -0.39 is 5.54 Å². The number of methoxy groups -OCH3 is 1. The Balaban J connectivity index is 2.76. The van der Waals surface area contributed by atoms with Crippen LogP contribution in [-0.4, -0.2) is 29.6 Å². The number of nitrogens with two attached hydrogens (primary N) is 1. The van der Waals surface area contributed by atoms with E-state index in [2.05, 4.69) is 10.5 Å². The molecule has 0 saturated heterocycles. The van der Waals surface area contributed by atoms with Crippen molar-refractivity contribution >= 4 is 11.7 Å². The first-order chi connectivity index (χ1) is 9.45. The van der Waals surface area contributed by atoms with Gasteiger partial charge in [-0.2, -0.15) is 0 Å². The second-order valence-electron chi connectivity index (χ2n) is 4.75. The Morgan fingerprint density at radius 1 is 1.55 bits per heavy atom. The predicted molar refractivity (Wildman–Crippen MR) is 76.9 cm³/mol. The minimum absolute atomic E-state index is 0.0148. The SMILES string of the molecule is CCC(C)(NC(=O)Cc1cccc(OC)c1)/C(N)=N/O. The third-order valence-corrected chi connectivity index (χ3v) is 3.29. The number of carbonyl (C=O) groups excluding carboxylic acids is 1. The molecule has 0 spiro atoms. The van der Waals surface area contributed by atoms with Crippen LogP contribution in [0.25, 0.3) is 0 Å². The van der Waals surface area contributed by atoms with E-state index >= 15 is 0 Å². The summed E-state index contributed by atoms with van der Waals surface area (Å²) in [6.45, 7) is 3.56. The van der Waals surface area contributed by atoms with E-state index in [1.165, 1.54) is 0 Å². The summed E-state index contributed by atoms with van der Waals surface area (Å²) in [5.74, 6) is 0.484. The normalized spacial score (nSPS) is 14.4. The Morgan fingerprint density at radius 2 is 2.25 bits per heavy atom. The number of rotatable bonds is 6. The van der Waals surface area contributed by atoms with Crippen molar-refractivity contribution in [2.75, 3.05) is 7.11 Å². The zero-order valence-corrected chi connectivity index (χ0v) is 12.0. The first-order valence-corrected chi connectivity index (χ1v) is 6.37. The van der Waals surface area contributed by atoms with E-state index in [0.29, 0.717) is 12.2 Å². The summed E-state index contributed by atoms with van der Waals surface area (Å²) in [6, 6.07) is 7.28. The van der Waals surface area contributed by atoms with Crippen molar-refractivity contribution in [3.63, 3.8) is 0 Å². The molecule has 6 heteroatoms. The average molecular weight is 279 g/mol. The molecule has 1 atom stereocenters. The molecule has 0 aromatic heterocycles. The summed E-state index contributed by atoms with van der Waals surface area (Å²) in [7, 11) is 1.58. The number of nitrogens with zero attached hydrogens (tertiary/aromatic N) is 1. The molecule has 1 amide bonds.